The highest BCUT2D eigenvalue weighted by Crippen LogP contribution is 2.21. The van der Waals surface area contributed by atoms with Crippen LogP contribution in [0.2, 0.25) is 0 Å². The van der Waals surface area contributed by atoms with Crippen LogP contribution < -0.4 is 10.3 Å². The Labute approximate surface area is 152 Å². The van der Waals surface area contributed by atoms with Gasteiger partial charge in [-0.25, -0.2) is 22.8 Å². The third-order valence-corrected chi connectivity index (χ3v) is 5.67. The van der Waals surface area contributed by atoms with Crippen LogP contribution in [0, 0.1) is 6.92 Å². The van der Waals surface area contributed by atoms with Crippen LogP contribution >= 0.6 is 0 Å². The van der Waals surface area contributed by atoms with E-state index in [-0.39, 0.29) is 29.7 Å². The first-order chi connectivity index (χ1) is 12.2. The second-order valence-electron chi connectivity index (χ2n) is 6.79. The number of sulfonamides is 1. The third kappa shape index (κ3) is 3.57. The predicted octanol–water partition coefficient (Wildman–Crippen LogP) is 0.327. The smallest absolute Gasteiger partial charge is 0.267 e. The molecule has 2 unspecified atom stereocenters. The lowest BCUT2D eigenvalue weighted by Crippen LogP contribution is -2.44. The summed E-state index contributed by atoms with van der Waals surface area (Å²) in [5.41, 5.74) is 0.375. The molecule has 10 heteroatoms. The molecule has 0 amide bonds. The first-order valence-corrected chi connectivity index (χ1v) is 9.87. The molecule has 0 radical (unpaired) electrons. The van der Waals surface area contributed by atoms with Crippen molar-refractivity contribution in [2.45, 2.75) is 43.8 Å². The van der Waals surface area contributed by atoms with Gasteiger partial charge in [-0.2, -0.15) is 5.10 Å². The van der Waals surface area contributed by atoms with Crippen LogP contribution in [0.4, 0.5) is 0 Å². The molecule has 2 aromatic heterocycles. The monoisotopic (exact) mass is 381 g/mol. The summed E-state index contributed by atoms with van der Waals surface area (Å²) in [7, 11) is -2.08. The van der Waals surface area contributed by atoms with Gasteiger partial charge in [0.2, 0.25) is 0 Å². The van der Waals surface area contributed by atoms with Crippen molar-refractivity contribution < 1.29 is 13.2 Å². The van der Waals surface area contributed by atoms with E-state index in [4.69, 9.17) is 4.74 Å². The van der Waals surface area contributed by atoms with Crippen molar-refractivity contribution in [3.63, 3.8) is 0 Å². The molecule has 3 rings (SSSR count). The number of aromatic nitrogens is 4. The second-order valence-corrected chi connectivity index (χ2v) is 8.45. The molecule has 0 spiro atoms. The van der Waals surface area contributed by atoms with E-state index in [0.717, 1.165) is 0 Å². The van der Waals surface area contributed by atoms with Gasteiger partial charge < -0.3 is 9.30 Å². The fourth-order valence-electron chi connectivity index (χ4n) is 3.03. The minimum Gasteiger partial charge on any atom is -0.377 e. The van der Waals surface area contributed by atoms with Gasteiger partial charge in [0.25, 0.3) is 15.6 Å². The molecule has 1 aliphatic rings. The minimum absolute atomic E-state index is 0.0427. The highest BCUT2D eigenvalue weighted by Gasteiger charge is 2.35. The van der Waals surface area contributed by atoms with Crippen LogP contribution in [0.5, 0.6) is 0 Å². The molecule has 0 bridgehead atoms. The van der Waals surface area contributed by atoms with Crippen LogP contribution in [0.15, 0.2) is 28.2 Å². The zero-order valence-corrected chi connectivity index (χ0v) is 16.0. The summed E-state index contributed by atoms with van der Waals surface area (Å²) < 4.78 is 36.5. The summed E-state index contributed by atoms with van der Waals surface area (Å²) in [4.78, 5) is 16.4. The average Bonchev–Trinajstić information content (AvgIpc) is 3.16. The summed E-state index contributed by atoms with van der Waals surface area (Å²) in [6.45, 7) is 6.04. The normalized spacial score (nSPS) is 20.8. The largest absolute Gasteiger partial charge is 0.377 e. The lowest BCUT2D eigenvalue weighted by atomic mass is 10.2. The maximum atomic E-state index is 12.8. The average molecular weight is 381 g/mol. The van der Waals surface area contributed by atoms with Gasteiger partial charge in [0.15, 0.2) is 5.03 Å². The van der Waals surface area contributed by atoms with E-state index in [0.29, 0.717) is 11.5 Å². The number of nitrogens with zero attached hydrogens (tertiary/aromatic N) is 4. The molecule has 9 nitrogen and oxygen atoms in total. The Morgan fingerprint density at radius 2 is 2.04 bits per heavy atom. The van der Waals surface area contributed by atoms with Crippen molar-refractivity contribution in [1.82, 2.24) is 24.1 Å². The van der Waals surface area contributed by atoms with E-state index in [1.165, 1.54) is 16.9 Å². The van der Waals surface area contributed by atoms with Gasteiger partial charge in [-0.1, -0.05) is 13.8 Å². The number of rotatable bonds is 5. The Morgan fingerprint density at radius 1 is 1.31 bits per heavy atom. The number of imidazole rings is 1. The lowest BCUT2D eigenvalue weighted by Gasteiger charge is -2.19. The number of nitrogens with one attached hydrogen (secondary N) is 1. The first-order valence-electron chi connectivity index (χ1n) is 8.39. The molecule has 26 heavy (non-hydrogen) atoms. The van der Waals surface area contributed by atoms with Gasteiger partial charge in [0, 0.05) is 25.2 Å². The Balaban J connectivity index is 1.88. The molecule has 142 valence electrons. The van der Waals surface area contributed by atoms with Gasteiger partial charge >= 0.3 is 0 Å². The second kappa shape index (κ2) is 6.93. The quantitative estimate of drug-likeness (QED) is 0.799. The molecule has 1 saturated heterocycles. The summed E-state index contributed by atoms with van der Waals surface area (Å²) >= 11 is 0. The van der Waals surface area contributed by atoms with E-state index in [2.05, 4.69) is 14.8 Å². The number of hydrogen-bond donors (Lipinski definition) is 1. The lowest BCUT2D eigenvalue weighted by molar-refractivity contribution is 0.181. The molecular formula is C16H23N5O4S. The highest BCUT2D eigenvalue weighted by molar-refractivity contribution is 7.89. The van der Waals surface area contributed by atoms with Crippen LogP contribution in [0.3, 0.4) is 0 Å². The maximum absolute atomic E-state index is 12.8. The summed E-state index contributed by atoms with van der Waals surface area (Å²) in [5, 5.41) is 4.18. The molecule has 0 saturated carbocycles. The molecule has 0 aliphatic carbocycles. The molecule has 2 atom stereocenters. The molecule has 0 aromatic carbocycles. The molecule has 1 N–H and O–H groups in total. The van der Waals surface area contributed by atoms with Crippen molar-refractivity contribution in [3.8, 4) is 0 Å². The minimum atomic E-state index is -3.85. The fraction of sp³-hybridized carbons (Fsp3) is 0.562. The maximum Gasteiger partial charge on any atom is 0.267 e. The molecule has 1 aliphatic heterocycles. The molecule has 1 fully saturated rings. The topological polar surface area (TPSA) is 108 Å². The van der Waals surface area contributed by atoms with E-state index in [9.17, 15) is 13.2 Å². The molecular weight excluding hydrogens is 358 g/mol. The van der Waals surface area contributed by atoms with E-state index < -0.39 is 22.1 Å². The van der Waals surface area contributed by atoms with E-state index in [1.807, 2.05) is 13.8 Å². The van der Waals surface area contributed by atoms with Crippen LogP contribution in [-0.4, -0.2) is 47.0 Å². The Morgan fingerprint density at radius 3 is 2.69 bits per heavy atom. The van der Waals surface area contributed by atoms with Gasteiger partial charge in [0.05, 0.1) is 31.0 Å². The van der Waals surface area contributed by atoms with Crippen molar-refractivity contribution in [2.75, 3.05) is 13.2 Å². The zero-order valence-electron chi connectivity index (χ0n) is 15.2. The van der Waals surface area contributed by atoms with Crippen molar-refractivity contribution >= 4 is 10.0 Å². The Bertz CT molecular complexity index is 963. The Kier molecular flexibility index (Phi) is 5.00. The van der Waals surface area contributed by atoms with Gasteiger partial charge in [-0.3, -0.25) is 4.79 Å². The summed E-state index contributed by atoms with van der Waals surface area (Å²) in [6.07, 6.45) is 1.49. The summed E-state index contributed by atoms with van der Waals surface area (Å²) in [6, 6.07) is 1.93. The van der Waals surface area contributed by atoms with Crippen molar-refractivity contribution in [2.24, 2.45) is 7.05 Å². The summed E-state index contributed by atoms with van der Waals surface area (Å²) in [5.74, 6) is 0.780. The predicted molar refractivity (Wildman–Crippen MR) is 94.5 cm³/mol. The van der Waals surface area contributed by atoms with Crippen molar-refractivity contribution in [1.29, 1.82) is 0 Å². The van der Waals surface area contributed by atoms with Gasteiger partial charge in [-0.05, 0) is 13.0 Å². The van der Waals surface area contributed by atoms with Gasteiger partial charge in [0.1, 0.15) is 5.82 Å². The SMILES string of the molecule is Cc1ccc(=O)n(C2COCC2NS(=O)(=O)c2cn(C)c(C(C)C)n2)n1. The van der Waals surface area contributed by atoms with Crippen molar-refractivity contribution in [3.05, 3.63) is 40.2 Å². The molecule has 2 aromatic rings. The third-order valence-electron chi connectivity index (χ3n) is 4.31. The fourth-order valence-corrected chi connectivity index (χ4v) is 4.29. The number of aryl methyl sites for hydroxylation is 2. The highest BCUT2D eigenvalue weighted by atomic mass is 32.2. The van der Waals surface area contributed by atoms with E-state index >= 15 is 0 Å². The number of hydrogen-bond acceptors (Lipinski definition) is 6. The Hall–Kier alpha value is -2.04. The van der Waals surface area contributed by atoms with Crippen LogP contribution in [0.1, 0.15) is 37.3 Å². The first kappa shape index (κ1) is 18.7. The zero-order chi connectivity index (χ0) is 19.1. The van der Waals surface area contributed by atoms with Crippen LogP contribution in [-0.2, 0) is 21.8 Å². The van der Waals surface area contributed by atoms with Crippen LogP contribution in [0.25, 0.3) is 0 Å². The molecule has 3 heterocycles. The standard InChI is InChI=1S/C16H23N5O4S/c1-10(2)16-17-14(7-20(16)4)26(23,24)19-12-8-25-9-13(12)21-15(22)6-5-11(3)18-21/h5-7,10,12-13,19H,8-9H2,1-4H3. The van der Waals surface area contributed by atoms with Gasteiger partial charge in [-0.15, -0.1) is 0 Å². The number of ether oxygens (including phenoxy) is 1. The van der Waals surface area contributed by atoms with E-state index in [1.54, 1.807) is 24.6 Å².